The number of rotatable bonds is 11. The quantitative estimate of drug-likeness (QED) is 0.410. The van der Waals surface area contributed by atoms with E-state index in [1.165, 1.54) is 15.9 Å². The molecule has 3 aromatic rings. The molecule has 0 fully saturated rings. The van der Waals surface area contributed by atoms with Crippen LogP contribution in [0.5, 0.6) is 11.5 Å². The van der Waals surface area contributed by atoms with Crippen molar-refractivity contribution in [3.05, 3.63) is 56.0 Å². The molecule has 0 saturated carbocycles. The van der Waals surface area contributed by atoms with Gasteiger partial charge in [-0.3, -0.25) is 19.0 Å². The third-order valence-electron chi connectivity index (χ3n) is 5.64. The summed E-state index contributed by atoms with van der Waals surface area (Å²) in [5.41, 5.74) is 0.0630. The van der Waals surface area contributed by atoms with Gasteiger partial charge < -0.3 is 20.1 Å². The van der Waals surface area contributed by atoms with Crippen molar-refractivity contribution >= 4 is 33.4 Å². The normalized spacial score (nSPS) is 11.8. The molecule has 0 saturated heterocycles. The summed E-state index contributed by atoms with van der Waals surface area (Å²) in [4.78, 5) is 51.0. The third kappa shape index (κ3) is 6.10. The summed E-state index contributed by atoms with van der Waals surface area (Å²) < 4.78 is 12.9. The standard InChI is InChI=1S/C24H30N4O6S/c1-5-15(2)26-21(30)14-27-17-9-11-35-22(17)23(31)28(24(27)32)13-20(29)25-10-8-16-6-7-18(33-3)19(12-16)34-4/h6-7,9,11-12,15H,5,8,10,13-14H2,1-4H3,(H,25,29)(H,26,30)/t15-/m0/s1. The minimum Gasteiger partial charge on any atom is -0.493 e. The molecule has 35 heavy (non-hydrogen) atoms. The van der Waals surface area contributed by atoms with Crippen molar-refractivity contribution < 1.29 is 19.1 Å². The zero-order chi connectivity index (χ0) is 25.5. The van der Waals surface area contributed by atoms with Crippen molar-refractivity contribution in [2.45, 2.75) is 45.8 Å². The highest BCUT2D eigenvalue weighted by molar-refractivity contribution is 7.17. The van der Waals surface area contributed by atoms with Crippen LogP contribution in [-0.2, 0) is 29.1 Å². The largest absolute Gasteiger partial charge is 0.493 e. The lowest BCUT2D eigenvalue weighted by molar-refractivity contribution is -0.122. The maximum Gasteiger partial charge on any atom is 0.332 e. The monoisotopic (exact) mass is 502 g/mol. The van der Waals surface area contributed by atoms with E-state index in [0.717, 1.165) is 16.6 Å². The molecule has 0 unspecified atom stereocenters. The fourth-order valence-corrected chi connectivity index (χ4v) is 4.42. The van der Waals surface area contributed by atoms with Crippen LogP contribution in [0.3, 0.4) is 0 Å². The SMILES string of the molecule is CC[C@H](C)NC(=O)Cn1c(=O)n(CC(=O)NCCc2ccc(OC)c(OC)c2)c(=O)c2sccc21. The summed E-state index contributed by atoms with van der Waals surface area (Å²) in [5, 5.41) is 7.24. The number of carbonyl (C=O) groups is 2. The molecule has 2 aromatic heterocycles. The number of fused-ring (bicyclic) bond motifs is 1. The first-order valence-electron chi connectivity index (χ1n) is 11.3. The molecule has 2 heterocycles. The molecule has 0 aliphatic carbocycles. The van der Waals surface area contributed by atoms with Crippen LogP contribution in [0.4, 0.5) is 0 Å². The second-order valence-electron chi connectivity index (χ2n) is 8.06. The van der Waals surface area contributed by atoms with Crippen LogP contribution in [0.2, 0.25) is 0 Å². The molecule has 0 aliphatic rings. The van der Waals surface area contributed by atoms with Crippen molar-refractivity contribution in [1.82, 2.24) is 19.8 Å². The van der Waals surface area contributed by atoms with Gasteiger partial charge in [-0.2, -0.15) is 0 Å². The van der Waals surface area contributed by atoms with Crippen LogP contribution < -0.4 is 31.4 Å². The second kappa shape index (κ2) is 11.7. The van der Waals surface area contributed by atoms with E-state index in [1.54, 1.807) is 31.7 Å². The summed E-state index contributed by atoms with van der Waals surface area (Å²) in [6.07, 6.45) is 1.27. The predicted octanol–water partition coefficient (Wildman–Crippen LogP) is 1.52. The van der Waals surface area contributed by atoms with E-state index in [9.17, 15) is 19.2 Å². The topological polar surface area (TPSA) is 121 Å². The van der Waals surface area contributed by atoms with Crippen molar-refractivity contribution in [3.8, 4) is 11.5 Å². The molecule has 1 atom stereocenters. The lowest BCUT2D eigenvalue weighted by Crippen LogP contribution is -2.45. The molecule has 0 radical (unpaired) electrons. The zero-order valence-electron chi connectivity index (χ0n) is 20.3. The number of aromatic nitrogens is 2. The predicted molar refractivity (Wildman–Crippen MR) is 135 cm³/mol. The number of ether oxygens (including phenoxy) is 2. The number of carbonyl (C=O) groups excluding carboxylic acids is 2. The van der Waals surface area contributed by atoms with Gasteiger partial charge in [-0.1, -0.05) is 13.0 Å². The van der Waals surface area contributed by atoms with Crippen LogP contribution in [0, 0.1) is 0 Å². The molecule has 188 valence electrons. The van der Waals surface area contributed by atoms with E-state index in [1.807, 2.05) is 26.0 Å². The Bertz CT molecular complexity index is 1330. The fraction of sp³-hybridized carbons (Fsp3) is 0.417. The highest BCUT2D eigenvalue weighted by atomic mass is 32.1. The average molecular weight is 503 g/mol. The van der Waals surface area contributed by atoms with Gasteiger partial charge in [-0.15, -0.1) is 11.3 Å². The average Bonchev–Trinajstić information content (AvgIpc) is 3.34. The maximum atomic E-state index is 13.1. The summed E-state index contributed by atoms with van der Waals surface area (Å²) in [5.74, 6) is 0.387. The van der Waals surface area contributed by atoms with Crippen molar-refractivity contribution in [2.75, 3.05) is 20.8 Å². The second-order valence-corrected chi connectivity index (χ2v) is 8.98. The van der Waals surface area contributed by atoms with E-state index >= 15 is 0 Å². The van der Waals surface area contributed by atoms with Crippen LogP contribution in [-0.4, -0.2) is 47.8 Å². The highest BCUT2D eigenvalue weighted by Crippen LogP contribution is 2.27. The van der Waals surface area contributed by atoms with Gasteiger partial charge in [-0.25, -0.2) is 9.36 Å². The molecule has 0 spiro atoms. The van der Waals surface area contributed by atoms with Gasteiger partial charge in [0.15, 0.2) is 11.5 Å². The lowest BCUT2D eigenvalue weighted by Gasteiger charge is -2.15. The number of methoxy groups -OCH3 is 2. The van der Waals surface area contributed by atoms with Gasteiger partial charge in [0.05, 0.1) is 19.7 Å². The summed E-state index contributed by atoms with van der Waals surface area (Å²) in [6.45, 7) is 3.43. The summed E-state index contributed by atoms with van der Waals surface area (Å²) in [6, 6.07) is 7.06. The van der Waals surface area contributed by atoms with Gasteiger partial charge in [0.1, 0.15) is 17.8 Å². The number of nitrogens with one attached hydrogen (secondary N) is 2. The Labute approximate surface area is 206 Å². The Morgan fingerprint density at radius 1 is 1.03 bits per heavy atom. The van der Waals surface area contributed by atoms with Crippen LogP contribution in [0.1, 0.15) is 25.8 Å². The third-order valence-corrected chi connectivity index (χ3v) is 6.54. The van der Waals surface area contributed by atoms with Crippen LogP contribution in [0.25, 0.3) is 10.2 Å². The van der Waals surface area contributed by atoms with Crippen LogP contribution >= 0.6 is 11.3 Å². The minimum atomic E-state index is -0.699. The summed E-state index contributed by atoms with van der Waals surface area (Å²) in [7, 11) is 3.10. The first-order valence-corrected chi connectivity index (χ1v) is 12.1. The van der Waals surface area contributed by atoms with E-state index < -0.39 is 23.7 Å². The van der Waals surface area contributed by atoms with Gasteiger partial charge in [0, 0.05) is 12.6 Å². The minimum absolute atomic E-state index is 0.0430. The Kier molecular flexibility index (Phi) is 8.69. The first kappa shape index (κ1) is 26.0. The van der Waals surface area contributed by atoms with Gasteiger partial charge in [0.25, 0.3) is 5.56 Å². The smallest absolute Gasteiger partial charge is 0.332 e. The van der Waals surface area contributed by atoms with E-state index in [0.29, 0.717) is 34.7 Å². The van der Waals surface area contributed by atoms with Crippen molar-refractivity contribution in [3.63, 3.8) is 0 Å². The number of benzene rings is 1. The van der Waals surface area contributed by atoms with Gasteiger partial charge >= 0.3 is 5.69 Å². The molecule has 3 rings (SSSR count). The summed E-state index contributed by atoms with van der Waals surface area (Å²) >= 11 is 1.17. The van der Waals surface area contributed by atoms with Gasteiger partial charge in [-0.05, 0) is 48.9 Å². The molecule has 10 nitrogen and oxygen atoms in total. The number of hydrogen-bond donors (Lipinski definition) is 2. The lowest BCUT2D eigenvalue weighted by atomic mass is 10.1. The molecule has 1 aromatic carbocycles. The molecular formula is C24H30N4O6S. The number of amides is 2. The molecule has 0 bridgehead atoms. The molecule has 2 amide bonds. The number of thiophene rings is 1. The van der Waals surface area contributed by atoms with Crippen molar-refractivity contribution in [1.29, 1.82) is 0 Å². The molecule has 0 aliphatic heterocycles. The Morgan fingerprint density at radius 2 is 1.74 bits per heavy atom. The van der Waals surface area contributed by atoms with Crippen LogP contribution in [0.15, 0.2) is 39.2 Å². The maximum absolute atomic E-state index is 13.1. The molecular weight excluding hydrogens is 472 g/mol. The molecule has 2 N–H and O–H groups in total. The highest BCUT2D eigenvalue weighted by Gasteiger charge is 2.18. The Balaban J connectivity index is 1.73. The Morgan fingerprint density at radius 3 is 2.43 bits per heavy atom. The fourth-order valence-electron chi connectivity index (χ4n) is 3.57. The van der Waals surface area contributed by atoms with E-state index in [-0.39, 0.29) is 18.5 Å². The van der Waals surface area contributed by atoms with E-state index in [4.69, 9.17) is 9.47 Å². The molecule has 11 heteroatoms. The Hall–Kier alpha value is -3.60. The first-order chi connectivity index (χ1) is 16.8. The van der Waals surface area contributed by atoms with Gasteiger partial charge in [0.2, 0.25) is 11.8 Å². The number of nitrogens with zero attached hydrogens (tertiary/aromatic N) is 2. The number of hydrogen-bond acceptors (Lipinski definition) is 7. The van der Waals surface area contributed by atoms with Crippen molar-refractivity contribution in [2.24, 2.45) is 0 Å². The van der Waals surface area contributed by atoms with E-state index in [2.05, 4.69) is 10.6 Å². The zero-order valence-corrected chi connectivity index (χ0v) is 21.1.